The molecule has 2 N–H and O–H groups in total. The van der Waals surface area contributed by atoms with E-state index in [1.165, 1.54) is 54.9 Å². The van der Waals surface area contributed by atoms with Crippen LogP contribution in [0, 0.1) is 11.8 Å². The van der Waals surface area contributed by atoms with E-state index in [-0.39, 0.29) is 75.3 Å². The van der Waals surface area contributed by atoms with Crippen molar-refractivity contribution < 1.29 is 55.5 Å². The van der Waals surface area contributed by atoms with Crippen LogP contribution in [0.15, 0.2) is 90.1 Å². The van der Waals surface area contributed by atoms with Gasteiger partial charge >= 0.3 is 18.6 Å². The van der Waals surface area contributed by atoms with Crippen LogP contribution in [0.2, 0.25) is 10.0 Å². The summed E-state index contributed by atoms with van der Waals surface area (Å²) in [6.45, 7) is -0.353. The number of piperidine rings is 3. The van der Waals surface area contributed by atoms with Gasteiger partial charge < -0.3 is 24.3 Å². The molecule has 9 rings (SSSR count). The van der Waals surface area contributed by atoms with Gasteiger partial charge in [-0.1, -0.05) is 65.7 Å². The van der Waals surface area contributed by atoms with E-state index in [0.29, 0.717) is 23.2 Å². The predicted molar refractivity (Wildman–Crippen MR) is 229 cm³/mol. The molecule has 1 unspecified atom stereocenters. The first-order chi connectivity index (χ1) is 30.3. The lowest BCUT2D eigenvalue weighted by molar-refractivity contribution is -0.377. The zero-order chi connectivity index (χ0) is 44.3. The van der Waals surface area contributed by atoms with Gasteiger partial charge in [-0.15, -0.1) is 11.8 Å². The molecule has 0 spiro atoms. The van der Waals surface area contributed by atoms with E-state index in [1.807, 2.05) is 0 Å². The number of sulfonamides is 1. The second kappa shape index (κ2) is 19.7. The normalized spacial score (nSPS) is 22.0. The number of hydrogen-bond donors (Lipinski definition) is 1. The topological polar surface area (TPSA) is 155 Å². The van der Waals surface area contributed by atoms with Crippen LogP contribution in [0.4, 0.5) is 8.78 Å². The fraction of sp³-hybridized carbons (Fsp3) is 0.409. The van der Waals surface area contributed by atoms with Crippen LogP contribution in [-0.4, -0.2) is 92.1 Å². The molecule has 63 heavy (non-hydrogen) atoms. The third kappa shape index (κ3) is 10.7. The largest absolute Gasteiger partial charge is 0.489 e. The van der Waals surface area contributed by atoms with Gasteiger partial charge in [0.1, 0.15) is 22.3 Å². The Kier molecular flexibility index (Phi) is 14.1. The third-order valence-corrected chi connectivity index (χ3v) is 15.5. The van der Waals surface area contributed by atoms with Crippen molar-refractivity contribution in [1.29, 1.82) is 0 Å². The van der Waals surface area contributed by atoms with Gasteiger partial charge in [0, 0.05) is 36.4 Å². The summed E-state index contributed by atoms with van der Waals surface area (Å²) in [6.07, 6.45) is 5.20. The number of thioether (sulfide) groups is 1. The first-order valence-corrected chi connectivity index (χ1v) is 23.9. The van der Waals surface area contributed by atoms with Gasteiger partial charge in [0.25, 0.3) is 5.91 Å². The number of ether oxygens (including phenoxy) is 4. The maximum absolute atomic E-state index is 14.4. The lowest BCUT2D eigenvalue weighted by Crippen LogP contribution is -2.52. The number of rotatable bonds is 17. The molecule has 0 radical (unpaired) electrons. The van der Waals surface area contributed by atoms with Crippen molar-refractivity contribution in [2.75, 3.05) is 38.5 Å². The van der Waals surface area contributed by atoms with Crippen molar-refractivity contribution in [3.8, 4) is 11.5 Å². The summed E-state index contributed by atoms with van der Waals surface area (Å²) in [6, 6.07) is 17.1. The molecule has 19 heteroatoms. The Balaban J connectivity index is 1.02. The van der Waals surface area contributed by atoms with Gasteiger partial charge in [0.15, 0.2) is 35.3 Å². The van der Waals surface area contributed by atoms with E-state index in [2.05, 4.69) is 15.2 Å². The minimum atomic E-state index is -4.43. The number of nitrogens with one attached hydrogen (secondary N) is 2. The minimum absolute atomic E-state index is 0.0175. The molecule has 4 saturated heterocycles. The van der Waals surface area contributed by atoms with Crippen molar-refractivity contribution in [1.82, 2.24) is 14.5 Å². The van der Waals surface area contributed by atoms with Crippen molar-refractivity contribution in [2.24, 2.45) is 11.8 Å². The molecule has 4 atom stereocenters. The monoisotopic (exact) mass is 945 g/mol. The molecule has 4 aromatic rings. The molecule has 3 aromatic carbocycles. The molecule has 334 valence electrons. The minimum Gasteiger partial charge on any atom is -0.489 e. The van der Waals surface area contributed by atoms with Crippen LogP contribution in [0.3, 0.4) is 0 Å². The van der Waals surface area contributed by atoms with Crippen LogP contribution in [-0.2, 0) is 35.5 Å². The number of carbonyl (C=O) groups is 3. The number of fused-ring (bicyclic) bond motifs is 3. The van der Waals surface area contributed by atoms with Crippen LogP contribution in [0.5, 0.6) is 11.5 Å². The standard InChI is InChI=1S/C44H44Cl2F2N4O9S2/c45-33-22-49-23-34(46)32(33)21-36(29-11-12-35(61-44(47)48)37(20-29)58-25-26-9-10-26)59-43(55)41-52(17-18-62-41)63(56,57)31-8-4-7-30(19-31)40(53)50-39(28-5-2-1-3-6-28)42(54)60-38-24-51-15-13-27(38)14-16-51/h1-8,11-12,19-20,22-23,26-27,36,38-39,41,44H,9-10,13-18,21,24-25H2,(H,50,53)/p+1/t36-,38-,39?,41-/m0/s1. The lowest BCUT2D eigenvalue weighted by Gasteiger charge is -2.44. The van der Waals surface area contributed by atoms with Crippen LogP contribution in [0.1, 0.15) is 64.9 Å². The summed E-state index contributed by atoms with van der Waals surface area (Å²) in [5.41, 5.74) is 1.20. The maximum Gasteiger partial charge on any atom is 0.387 e. The van der Waals surface area contributed by atoms with Gasteiger partial charge in [-0.3, -0.25) is 9.69 Å². The van der Waals surface area contributed by atoms with Crippen molar-refractivity contribution >= 4 is 62.8 Å². The van der Waals surface area contributed by atoms with E-state index in [0.717, 1.165) is 54.8 Å². The number of hydrogen-bond acceptors (Lipinski definition) is 11. The number of H-pyrrole nitrogens is 1. The first kappa shape index (κ1) is 45.1. The molecule has 13 nitrogen and oxygen atoms in total. The zero-order valence-corrected chi connectivity index (χ0v) is 36.9. The number of carbonyl (C=O) groups excluding carboxylic acids is 3. The number of esters is 2. The first-order valence-electron chi connectivity index (χ1n) is 20.6. The Bertz CT molecular complexity index is 2410. The molecule has 5 aliphatic rings. The average Bonchev–Trinajstić information content (AvgIpc) is 3.97. The second-order valence-corrected chi connectivity index (χ2v) is 19.8. The van der Waals surface area contributed by atoms with E-state index >= 15 is 0 Å². The number of amides is 1. The molecular formula is C44H45Cl2F2N4O9S2+. The molecular weight excluding hydrogens is 902 g/mol. The molecule has 1 amide bonds. The van der Waals surface area contributed by atoms with Gasteiger partial charge in [-0.05, 0) is 92.1 Å². The lowest BCUT2D eigenvalue weighted by atomic mass is 9.86. The Labute approximate surface area is 377 Å². The van der Waals surface area contributed by atoms with E-state index in [4.69, 9.17) is 42.1 Å². The number of nitrogens with zero attached hydrogens (tertiary/aromatic N) is 2. The highest BCUT2D eigenvalue weighted by Gasteiger charge is 2.43. The van der Waals surface area contributed by atoms with Gasteiger partial charge in [0.05, 0.1) is 11.5 Å². The molecule has 5 heterocycles. The summed E-state index contributed by atoms with van der Waals surface area (Å²) in [5.74, 6) is -1.65. The highest BCUT2D eigenvalue weighted by molar-refractivity contribution is 8.02. The summed E-state index contributed by atoms with van der Waals surface area (Å²) in [7, 11) is -4.43. The van der Waals surface area contributed by atoms with E-state index in [9.17, 15) is 31.6 Å². The summed E-state index contributed by atoms with van der Waals surface area (Å²) in [5, 5.41) is 1.89. The number of halogens is 4. The zero-order valence-electron chi connectivity index (χ0n) is 33.8. The van der Waals surface area contributed by atoms with Crippen LogP contribution in [0.25, 0.3) is 0 Å². The van der Waals surface area contributed by atoms with Crippen molar-refractivity contribution in [3.05, 3.63) is 117 Å². The van der Waals surface area contributed by atoms with E-state index in [1.54, 1.807) is 30.3 Å². The highest BCUT2D eigenvalue weighted by atomic mass is 35.5. The molecule has 2 bridgehead atoms. The highest BCUT2D eigenvalue weighted by Crippen LogP contribution is 2.40. The number of alkyl halides is 2. The van der Waals surface area contributed by atoms with Crippen molar-refractivity contribution in [3.63, 3.8) is 0 Å². The summed E-state index contributed by atoms with van der Waals surface area (Å²) < 4.78 is 79.2. The quantitative estimate of drug-likeness (QED) is 0.110. The Morgan fingerprint density at radius 3 is 2.32 bits per heavy atom. The Morgan fingerprint density at radius 1 is 0.889 bits per heavy atom. The fourth-order valence-electron chi connectivity index (χ4n) is 8.03. The second-order valence-electron chi connectivity index (χ2n) is 15.9. The smallest absolute Gasteiger partial charge is 0.387 e. The number of benzene rings is 3. The summed E-state index contributed by atoms with van der Waals surface area (Å²) in [4.78, 5) is 46.6. The summed E-state index contributed by atoms with van der Waals surface area (Å²) >= 11 is 14.1. The Morgan fingerprint density at radius 2 is 1.63 bits per heavy atom. The van der Waals surface area contributed by atoms with Crippen molar-refractivity contribution in [2.45, 2.75) is 67.2 Å². The van der Waals surface area contributed by atoms with Gasteiger partial charge in [-0.25, -0.2) is 23.0 Å². The third-order valence-electron chi connectivity index (χ3n) is 11.6. The molecule has 1 saturated carbocycles. The number of aromatic nitrogens is 1. The predicted octanol–water partition coefficient (Wildman–Crippen LogP) is 6.90. The molecule has 1 aliphatic carbocycles. The van der Waals surface area contributed by atoms with E-state index < -0.39 is 52.0 Å². The maximum atomic E-state index is 14.4. The van der Waals surface area contributed by atoms with Gasteiger partial charge in [0.2, 0.25) is 10.0 Å². The number of aromatic amines is 1. The van der Waals surface area contributed by atoms with Crippen LogP contribution >= 0.6 is 35.0 Å². The SMILES string of the molecule is O=C(NC(C(=O)O[C@H]1CN2CCC1CC2)c1ccccc1)c1cccc(S(=O)(=O)N2CCS[C@H]2C(=O)O[C@@H](Cc2c(Cl)c[nH+]cc2Cl)c2ccc(OC(F)F)c(OCC3CC3)c2)c1. The molecule has 5 fully saturated rings. The molecule has 4 aliphatic heterocycles. The molecule has 1 aromatic heterocycles. The average molecular weight is 947 g/mol. The fourth-order valence-corrected chi connectivity index (χ4v) is 11.7. The Hall–Kier alpha value is -4.52. The number of pyridine rings is 1. The van der Waals surface area contributed by atoms with Gasteiger partial charge in [-0.2, -0.15) is 13.1 Å². The van der Waals surface area contributed by atoms with Crippen LogP contribution < -0.4 is 19.8 Å².